The molecule has 30 heavy (non-hydrogen) atoms. The zero-order valence-electron chi connectivity index (χ0n) is 17.2. The first-order chi connectivity index (χ1) is 14.3. The lowest BCUT2D eigenvalue weighted by atomic mass is 9.80. The van der Waals surface area contributed by atoms with Crippen LogP contribution in [0.2, 0.25) is 0 Å². The van der Waals surface area contributed by atoms with Crippen LogP contribution in [-0.2, 0) is 14.8 Å². The van der Waals surface area contributed by atoms with Crippen LogP contribution in [0.1, 0.15) is 19.8 Å². The molecule has 1 aromatic rings. The van der Waals surface area contributed by atoms with E-state index in [4.69, 9.17) is 4.74 Å². The molecule has 0 unspecified atom stereocenters. The first kappa shape index (κ1) is 24.2. The molecule has 1 amide bonds. The van der Waals surface area contributed by atoms with Gasteiger partial charge in [-0.25, -0.2) is 22.2 Å². The third kappa shape index (κ3) is 5.96. The van der Waals surface area contributed by atoms with Gasteiger partial charge in [-0.1, -0.05) is 6.92 Å². The Kier molecular flexibility index (Phi) is 8.68. The number of carbonyl (C=O) groups is 1. The van der Waals surface area contributed by atoms with Crippen LogP contribution in [0.3, 0.4) is 0 Å². The van der Waals surface area contributed by atoms with Gasteiger partial charge < -0.3 is 15.4 Å². The quantitative estimate of drug-likeness (QED) is 0.564. The molecule has 11 heteroatoms. The van der Waals surface area contributed by atoms with Gasteiger partial charge >= 0.3 is 0 Å². The van der Waals surface area contributed by atoms with E-state index >= 15 is 0 Å². The summed E-state index contributed by atoms with van der Waals surface area (Å²) in [5.74, 6) is -0.0829. The van der Waals surface area contributed by atoms with Crippen molar-refractivity contribution in [3.8, 4) is 5.88 Å². The molecule has 1 saturated heterocycles. The molecular weight excluding hydrogens is 418 g/mol. The molecular formula is C19H28F2N4O4S. The number of hydrogen-bond acceptors (Lipinski definition) is 6. The topological polar surface area (TPSA) is 101 Å². The SMILES string of the molecule is CNC/C(=C/F)COc1ccc(S(=O)(=O)N2CCC(C)(C(=O)NCCF)CC2)cn1. The third-order valence-corrected chi connectivity index (χ3v) is 6.95. The molecule has 2 N–H and O–H groups in total. The highest BCUT2D eigenvalue weighted by Gasteiger charge is 2.40. The molecule has 168 valence electrons. The van der Waals surface area contributed by atoms with Gasteiger partial charge in [0.2, 0.25) is 21.8 Å². The van der Waals surface area contributed by atoms with E-state index in [-0.39, 0.29) is 42.9 Å². The van der Waals surface area contributed by atoms with Gasteiger partial charge in [0.1, 0.15) is 18.2 Å². The summed E-state index contributed by atoms with van der Waals surface area (Å²) < 4.78 is 57.4. The minimum absolute atomic E-state index is 0.00832. The molecule has 2 rings (SSSR count). The van der Waals surface area contributed by atoms with Crippen molar-refractivity contribution in [1.29, 1.82) is 0 Å². The lowest BCUT2D eigenvalue weighted by Crippen LogP contribution is -2.49. The van der Waals surface area contributed by atoms with E-state index in [1.165, 1.54) is 22.6 Å². The van der Waals surface area contributed by atoms with E-state index in [1.807, 2.05) is 0 Å². The summed E-state index contributed by atoms with van der Waals surface area (Å²) in [5.41, 5.74) is -0.338. The maximum atomic E-state index is 12.9. The zero-order chi connectivity index (χ0) is 22.2. The molecule has 0 bridgehead atoms. The smallest absolute Gasteiger partial charge is 0.244 e. The number of sulfonamides is 1. The van der Waals surface area contributed by atoms with Gasteiger partial charge in [-0.3, -0.25) is 4.79 Å². The number of piperidine rings is 1. The van der Waals surface area contributed by atoms with Crippen LogP contribution in [0.4, 0.5) is 8.78 Å². The van der Waals surface area contributed by atoms with Crippen molar-refractivity contribution in [3.63, 3.8) is 0 Å². The lowest BCUT2D eigenvalue weighted by molar-refractivity contribution is -0.132. The normalized spacial score (nSPS) is 17.5. The second-order valence-corrected chi connectivity index (χ2v) is 9.27. The van der Waals surface area contributed by atoms with Crippen molar-refractivity contribution in [2.45, 2.75) is 24.7 Å². The largest absolute Gasteiger partial charge is 0.473 e. The molecule has 0 spiro atoms. The van der Waals surface area contributed by atoms with E-state index in [1.54, 1.807) is 14.0 Å². The number of rotatable bonds is 10. The Bertz CT molecular complexity index is 839. The van der Waals surface area contributed by atoms with Crippen LogP contribution in [-0.4, -0.2) is 70.1 Å². The van der Waals surface area contributed by atoms with Crippen molar-refractivity contribution in [1.82, 2.24) is 19.9 Å². The summed E-state index contributed by atoms with van der Waals surface area (Å²) in [6, 6.07) is 2.80. The van der Waals surface area contributed by atoms with E-state index in [2.05, 4.69) is 15.6 Å². The zero-order valence-corrected chi connectivity index (χ0v) is 18.0. The van der Waals surface area contributed by atoms with Crippen LogP contribution in [0.5, 0.6) is 5.88 Å². The first-order valence-electron chi connectivity index (χ1n) is 9.63. The average molecular weight is 447 g/mol. The molecule has 0 aromatic carbocycles. The number of halogens is 2. The number of pyridine rings is 1. The highest BCUT2D eigenvalue weighted by Crippen LogP contribution is 2.33. The molecule has 1 aromatic heterocycles. The summed E-state index contributed by atoms with van der Waals surface area (Å²) in [7, 11) is -2.09. The van der Waals surface area contributed by atoms with E-state index in [9.17, 15) is 22.0 Å². The number of nitrogens with zero attached hydrogens (tertiary/aromatic N) is 2. The molecule has 1 aliphatic rings. The molecule has 0 atom stereocenters. The van der Waals surface area contributed by atoms with Crippen LogP contribution < -0.4 is 15.4 Å². The van der Waals surface area contributed by atoms with Crippen LogP contribution >= 0.6 is 0 Å². The van der Waals surface area contributed by atoms with Crippen LogP contribution in [0.25, 0.3) is 0 Å². The molecule has 1 aliphatic heterocycles. The highest BCUT2D eigenvalue weighted by atomic mass is 32.2. The number of nitrogens with one attached hydrogen (secondary N) is 2. The van der Waals surface area contributed by atoms with Gasteiger partial charge in [-0.15, -0.1) is 0 Å². The fraction of sp³-hybridized carbons (Fsp3) is 0.579. The first-order valence-corrected chi connectivity index (χ1v) is 11.1. The Morgan fingerprint density at radius 1 is 1.37 bits per heavy atom. The fourth-order valence-corrected chi connectivity index (χ4v) is 4.48. The number of aromatic nitrogens is 1. The second-order valence-electron chi connectivity index (χ2n) is 7.33. The lowest BCUT2D eigenvalue weighted by Gasteiger charge is -2.37. The van der Waals surface area contributed by atoms with Crippen molar-refractivity contribution >= 4 is 15.9 Å². The van der Waals surface area contributed by atoms with Gasteiger partial charge in [0.15, 0.2) is 0 Å². The minimum atomic E-state index is -3.77. The molecule has 0 saturated carbocycles. The predicted molar refractivity (Wildman–Crippen MR) is 108 cm³/mol. The Labute approximate surface area is 175 Å². The summed E-state index contributed by atoms with van der Waals surface area (Å²) >= 11 is 0. The van der Waals surface area contributed by atoms with Gasteiger partial charge in [-0.2, -0.15) is 4.31 Å². The third-order valence-electron chi connectivity index (χ3n) is 5.06. The van der Waals surface area contributed by atoms with Crippen molar-refractivity contribution < 1.29 is 26.7 Å². The monoisotopic (exact) mass is 446 g/mol. The maximum Gasteiger partial charge on any atom is 0.244 e. The summed E-state index contributed by atoms with van der Waals surface area (Å²) in [6.45, 7) is 1.73. The average Bonchev–Trinajstić information content (AvgIpc) is 2.75. The number of amides is 1. The summed E-state index contributed by atoms with van der Waals surface area (Å²) in [6.07, 6.45) is 2.33. The van der Waals surface area contributed by atoms with E-state index in [0.717, 1.165) is 0 Å². The number of alkyl halides is 1. The van der Waals surface area contributed by atoms with Gasteiger partial charge in [0, 0.05) is 43.2 Å². The Hall–Kier alpha value is -2.11. The van der Waals surface area contributed by atoms with Crippen molar-refractivity contribution in [2.75, 3.05) is 46.5 Å². The van der Waals surface area contributed by atoms with E-state index < -0.39 is 22.1 Å². The minimum Gasteiger partial charge on any atom is -0.473 e. The molecule has 0 aliphatic carbocycles. The maximum absolute atomic E-state index is 12.9. The summed E-state index contributed by atoms with van der Waals surface area (Å²) in [4.78, 5) is 16.2. The molecule has 1 fully saturated rings. The standard InChI is InChI=1S/C19H28F2N4O4S/c1-19(18(26)23-8-7-20)5-9-25(10-6-19)30(27,28)16-3-4-17(24-13-16)29-14-15(11-21)12-22-2/h3-4,11,13,22H,5-10,12,14H2,1-2H3,(H,23,26)/b15-11-. The predicted octanol–water partition coefficient (Wildman–Crippen LogP) is 1.41. The summed E-state index contributed by atoms with van der Waals surface area (Å²) in [5, 5.41) is 5.34. The van der Waals surface area contributed by atoms with Crippen molar-refractivity contribution in [2.24, 2.45) is 5.41 Å². The second kappa shape index (κ2) is 10.8. The number of carbonyl (C=O) groups excluding carboxylic acids is 1. The number of hydrogen-bond donors (Lipinski definition) is 2. The van der Waals surface area contributed by atoms with Gasteiger partial charge in [0.25, 0.3) is 0 Å². The van der Waals surface area contributed by atoms with E-state index in [0.29, 0.717) is 31.3 Å². The molecule has 8 nitrogen and oxygen atoms in total. The number of ether oxygens (including phenoxy) is 1. The van der Waals surface area contributed by atoms with Crippen LogP contribution in [0, 0.1) is 5.41 Å². The Morgan fingerprint density at radius 2 is 2.07 bits per heavy atom. The van der Waals surface area contributed by atoms with Gasteiger partial charge in [-0.05, 0) is 26.0 Å². The Balaban J connectivity index is 1.98. The number of likely N-dealkylation sites (N-methyl/N-ethyl adjacent to an activating group) is 1. The Morgan fingerprint density at radius 3 is 2.60 bits per heavy atom. The van der Waals surface area contributed by atoms with Crippen LogP contribution in [0.15, 0.2) is 35.1 Å². The van der Waals surface area contributed by atoms with Gasteiger partial charge in [0.05, 0.1) is 12.5 Å². The molecule has 2 heterocycles. The van der Waals surface area contributed by atoms with Crippen molar-refractivity contribution in [3.05, 3.63) is 30.2 Å². The fourth-order valence-electron chi connectivity index (χ4n) is 3.09. The highest BCUT2D eigenvalue weighted by molar-refractivity contribution is 7.89. The molecule has 0 radical (unpaired) electrons.